The zero-order valence-corrected chi connectivity index (χ0v) is 13.6. The highest BCUT2D eigenvalue weighted by Gasteiger charge is 2.26. The molecule has 0 aromatic rings. The Labute approximate surface area is 126 Å². The SMILES string of the molecule is COC(=O)C1CNCC(NC(=O)OC(C)(C)C)CN(C)C1. The Hall–Kier alpha value is -1.34. The first kappa shape index (κ1) is 17.7. The molecule has 1 aliphatic rings. The molecule has 0 radical (unpaired) electrons. The molecule has 1 saturated heterocycles. The first-order valence-electron chi connectivity index (χ1n) is 7.18. The van der Waals surface area contributed by atoms with Crippen molar-refractivity contribution in [3.8, 4) is 0 Å². The Bertz CT molecular complexity index is 368. The van der Waals surface area contributed by atoms with E-state index in [-0.39, 0.29) is 17.9 Å². The maximum Gasteiger partial charge on any atom is 0.407 e. The third kappa shape index (κ3) is 6.77. The fourth-order valence-corrected chi connectivity index (χ4v) is 2.28. The molecule has 0 saturated carbocycles. The molecule has 1 rings (SSSR count). The smallest absolute Gasteiger partial charge is 0.407 e. The summed E-state index contributed by atoms with van der Waals surface area (Å²) in [4.78, 5) is 25.4. The Kier molecular flexibility index (Phi) is 6.42. The van der Waals surface area contributed by atoms with Crippen LogP contribution < -0.4 is 10.6 Å². The number of nitrogens with one attached hydrogen (secondary N) is 2. The molecule has 2 N–H and O–H groups in total. The molecule has 1 amide bonds. The van der Waals surface area contributed by atoms with Crippen LogP contribution in [0.25, 0.3) is 0 Å². The van der Waals surface area contributed by atoms with Crippen LogP contribution in [0.15, 0.2) is 0 Å². The first-order valence-corrected chi connectivity index (χ1v) is 7.18. The Balaban J connectivity index is 2.50. The van der Waals surface area contributed by atoms with E-state index in [0.717, 1.165) is 0 Å². The standard InChI is InChI=1S/C14H27N3O4/c1-14(2,3)21-13(19)16-11-7-15-6-10(12(18)20-5)8-17(4)9-11/h10-11,15H,6-9H2,1-5H3,(H,16,19). The maximum absolute atomic E-state index is 11.8. The molecule has 7 nitrogen and oxygen atoms in total. The number of nitrogens with zero attached hydrogens (tertiary/aromatic N) is 1. The van der Waals surface area contributed by atoms with Crippen LogP contribution in [-0.4, -0.2) is 68.9 Å². The number of hydrogen-bond acceptors (Lipinski definition) is 6. The van der Waals surface area contributed by atoms with Crippen molar-refractivity contribution >= 4 is 12.1 Å². The van der Waals surface area contributed by atoms with Gasteiger partial charge in [0.15, 0.2) is 0 Å². The van der Waals surface area contributed by atoms with Gasteiger partial charge in [0, 0.05) is 26.2 Å². The molecule has 0 aliphatic carbocycles. The van der Waals surface area contributed by atoms with Crippen LogP contribution in [0.5, 0.6) is 0 Å². The predicted molar refractivity (Wildman–Crippen MR) is 79.0 cm³/mol. The van der Waals surface area contributed by atoms with Gasteiger partial charge in [-0.1, -0.05) is 0 Å². The van der Waals surface area contributed by atoms with Gasteiger partial charge in [0.25, 0.3) is 0 Å². The van der Waals surface area contributed by atoms with Gasteiger partial charge in [0.2, 0.25) is 0 Å². The number of likely N-dealkylation sites (N-methyl/N-ethyl adjacent to an activating group) is 1. The van der Waals surface area contributed by atoms with E-state index in [1.165, 1.54) is 7.11 Å². The topological polar surface area (TPSA) is 79.9 Å². The second-order valence-corrected chi connectivity index (χ2v) is 6.44. The van der Waals surface area contributed by atoms with Gasteiger partial charge in [-0.2, -0.15) is 0 Å². The van der Waals surface area contributed by atoms with E-state index < -0.39 is 11.7 Å². The molecule has 0 aromatic carbocycles. The van der Waals surface area contributed by atoms with E-state index >= 15 is 0 Å². The van der Waals surface area contributed by atoms with Gasteiger partial charge in [-0.05, 0) is 27.8 Å². The minimum Gasteiger partial charge on any atom is -0.469 e. The van der Waals surface area contributed by atoms with Gasteiger partial charge in [-0.25, -0.2) is 4.79 Å². The fraction of sp³-hybridized carbons (Fsp3) is 0.857. The maximum atomic E-state index is 11.8. The lowest BCUT2D eigenvalue weighted by atomic mass is 10.1. The Morgan fingerprint density at radius 1 is 1.24 bits per heavy atom. The van der Waals surface area contributed by atoms with Crippen LogP contribution in [0, 0.1) is 5.92 Å². The molecule has 0 bridgehead atoms. The number of carbonyl (C=O) groups is 2. The van der Waals surface area contributed by atoms with Crippen LogP contribution in [0.1, 0.15) is 20.8 Å². The van der Waals surface area contributed by atoms with Crippen molar-refractivity contribution in [2.24, 2.45) is 5.92 Å². The van der Waals surface area contributed by atoms with E-state index in [0.29, 0.717) is 26.2 Å². The second kappa shape index (κ2) is 7.61. The highest BCUT2D eigenvalue weighted by atomic mass is 16.6. The van der Waals surface area contributed by atoms with Gasteiger partial charge in [-0.3, -0.25) is 4.79 Å². The Morgan fingerprint density at radius 3 is 2.48 bits per heavy atom. The van der Waals surface area contributed by atoms with Crippen molar-refractivity contribution in [1.82, 2.24) is 15.5 Å². The van der Waals surface area contributed by atoms with E-state index in [1.807, 2.05) is 32.7 Å². The average Bonchev–Trinajstić information content (AvgIpc) is 2.31. The van der Waals surface area contributed by atoms with Crippen LogP contribution in [0.3, 0.4) is 0 Å². The molecule has 0 spiro atoms. The number of alkyl carbamates (subject to hydrolysis) is 1. The minimum absolute atomic E-state index is 0.0663. The normalized spacial score (nSPS) is 24.6. The van der Waals surface area contributed by atoms with Crippen molar-refractivity contribution in [2.75, 3.05) is 40.3 Å². The summed E-state index contributed by atoms with van der Waals surface area (Å²) in [6.07, 6.45) is -0.423. The quantitative estimate of drug-likeness (QED) is 0.710. The van der Waals surface area contributed by atoms with Crippen molar-refractivity contribution in [1.29, 1.82) is 0 Å². The number of amides is 1. The lowest BCUT2D eigenvalue weighted by Crippen LogP contribution is -2.54. The monoisotopic (exact) mass is 301 g/mol. The van der Waals surface area contributed by atoms with E-state index in [9.17, 15) is 9.59 Å². The zero-order valence-electron chi connectivity index (χ0n) is 13.6. The fourth-order valence-electron chi connectivity index (χ4n) is 2.28. The summed E-state index contributed by atoms with van der Waals surface area (Å²) in [5.41, 5.74) is -0.513. The van der Waals surface area contributed by atoms with Crippen molar-refractivity contribution in [3.05, 3.63) is 0 Å². The summed E-state index contributed by atoms with van der Waals surface area (Å²) in [5, 5.41) is 6.04. The molecule has 122 valence electrons. The summed E-state index contributed by atoms with van der Waals surface area (Å²) in [5.74, 6) is -0.407. The number of carbonyl (C=O) groups excluding carboxylic acids is 2. The average molecular weight is 301 g/mol. The zero-order chi connectivity index (χ0) is 16.0. The summed E-state index contributed by atoms with van der Waals surface area (Å²) in [6, 6.07) is -0.0663. The van der Waals surface area contributed by atoms with E-state index in [1.54, 1.807) is 0 Å². The molecule has 1 aliphatic heterocycles. The predicted octanol–water partition coefficient (Wildman–Crippen LogP) is 0.204. The summed E-state index contributed by atoms with van der Waals surface area (Å²) in [7, 11) is 3.32. The van der Waals surface area contributed by atoms with E-state index in [4.69, 9.17) is 9.47 Å². The van der Waals surface area contributed by atoms with Crippen molar-refractivity contribution < 1.29 is 19.1 Å². The summed E-state index contributed by atoms with van der Waals surface area (Å²) >= 11 is 0. The largest absolute Gasteiger partial charge is 0.469 e. The van der Waals surface area contributed by atoms with Gasteiger partial charge in [0.05, 0.1) is 19.1 Å². The molecule has 2 unspecified atom stereocenters. The lowest BCUT2D eigenvalue weighted by molar-refractivity contribution is -0.146. The molecule has 7 heteroatoms. The van der Waals surface area contributed by atoms with Gasteiger partial charge < -0.3 is 25.0 Å². The summed E-state index contributed by atoms with van der Waals surface area (Å²) < 4.78 is 10.0. The third-order valence-corrected chi connectivity index (χ3v) is 3.10. The highest BCUT2D eigenvalue weighted by molar-refractivity contribution is 5.72. The minimum atomic E-state index is -0.513. The molecule has 2 atom stereocenters. The summed E-state index contributed by atoms with van der Waals surface area (Å²) in [6.45, 7) is 7.83. The van der Waals surface area contributed by atoms with Gasteiger partial charge in [0.1, 0.15) is 5.60 Å². The van der Waals surface area contributed by atoms with Crippen molar-refractivity contribution in [2.45, 2.75) is 32.4 Å². The molecule has 1 fully saturated rings. The van der Waals surface area contributed by atoms with Crippen LogP contribution in [0.4, 0.5) is 4.79 Å². The van der Waals surface area contributed by atoms with Gasteiger partial charge in [-0.15, -0.1) is 0 Å². The van der Waals surface area contributed by atoms with Crippen LogP contribution >= 0.6 is 0 Å². The molecule has 21 heavy (non-hydrogen) atoms. The molecule has 1 heterocycles. The van der Waals surface area contributed by atoms with Crippen molar-refractivity contribution in [3.63, 3.8) is 0 Å². The van der Waals surface area contributed by atoms with Crippen LogP contribution in [-0.2, 0) is 14.3 Å². The number of ether oxygens (including phenoxy) is 2. The van der Waals surface area contributed by atoms with Crippen LogP contribution in [0.2, 0.25) is 0 Å². The highest BCUT2D eigenvalue weighted by Crippen LogP contribution is 2.08. The first-order chi connectivity index (χ1) is 9.71. The molecular weight excluding hydrogens is 274 g/mol. The number of methoxy groups -OCH3 is 1. The van der Waals surface area contributed by atoms with Gasteiger partial charge >= 0.3 is 12.1 Å². The lowest BCUT2D eigenvalue weighted by Gasteiger charge is -2.31. The van der Waals surface area contributed by atoms with E-state index in [2.05, 4.69) is 10.6 Å². The molecule has 0 aromatic heterocycles. The Morgan fingerprint density at radius 2 is 1.90 bits per heavy atom. The second-order valence-electron chi connectivity index (χ2n) is 6.44. The number of hydrogen-bond donors (Lipinski definition) is 2. The number of esters is 1. The molecular formula is C14H27N3O4. The third-order valence-electron chi connectivity index (χ3n) is 3.10. The number of rotatable bonds is 2.